The van der Waals surface area contributed by atoms with E-state index in [2.05, 4.69) is 5.32 Å². The molecule has 3 rings (SSSR count). The van der Waals surface area contributed by atoms with Gasteiger partial charge >= 0.3 is 5.97 Å². The molecule has 0 saturated carbocycles. The van der Waals surface area contributed by atoms with Crippen LogP contribution in [0.5, 0.6) is 5.75 Å². The van der Waals surface area contributed by atoms with Crippen LogP contribution in [0.15, 0.2) is 59.2 Å². The molecule has 0 atom stereocenters. The Labute approximate surface area is 162 Å². The molecule has 0 spiro atoms. The average molecular weight is 379 g/mol. The second kappa shape index (κ2) is 8.90. The van der Waals surface area contributed by atoms with Gasteiger partial charge in [-0.3, -0.25) is 4.79 Å². The molecule has 1 heterocycles. The molecule has 3 aromatic rings. The monoisotopic (exact) mass is 379 g/mol. The number of carbonyl (C=O) groups excluding carboxylic acids is 2. The van der Waals surface area contributed by atoms with Crippen molar-refractivity contribution in [1.29, 1.82) is 0 Å². The maximum absolute atomic E-state index is 12.4. The first-order chi connectivity index (χ1) is 13.6. The molecular formula is C22H21NO5. The molecule has 0 aliphatic carbocycles. The molecule has 0 aliphatic rings. The Morgan fingerprint density at radius 3 is 2.64 bits per heavy atom. The molecule has 1 amide bonds. The van der Waals surface area contributed by atoms with E-state index in [1.807, 2.05) is 24.3 Å². The minimum Gasteiger partial charge on any atom is -0.497 e. The standard InChI is InChI=1S/C22H21NO5/c1-3-27-22(25)11-6-15-4-7-17(8-5-15)23-21(24)12-16-14-28-20-13-18(26-2)9-10-19(16)20/h4-11,13-14H,3,12H2,1-2H3,(H,23,24)/b11-6+. The molecule has 28 heavy (non-hydrogen) atoms. The zero-order chi connectivity index (χ0) is 19.9. The minimum atomic E-state index is -0.384. The second-order valence-corrected chi connectivity index (χ2v) is 6.06. The van der Waals surface area contributed by atoms with Crippen molar-refractivity contribution >= 4 is 34.6 Å². The van der Waals surface area contributed by atoms with E-state index in [0.29, 0.717) is 23.6 Å². The third kappa shape index (κ3) is 4.79. The van der Waals surface area contributed by atoms with E-state index in [9.17, 15) is 9.59 Å². The van der Waals surface area contributed by atoms with Gasteiger partial charge in [0.25, 0.3) is 0 Å². The molecule has 144 valence electrons. The van der Waals surface area contributed by atoms with Gasteiger partial charge in [-0.15, -0.1) is 0 Å². The molecular weight excluding hydrogens is 358 g/mol. The summed E-state index contributed by atoms with van der Waals surface area (Å²) in [5.74, 6) is 0.174. The number of rotatable bonds is 7. The van der Waals surface area contributed by atoms with Crippen molar-refractivity contribution in [1.82, 2.24) is 0 Å². The number of furan rings is 1. The van der Waals surface area contributed by atoms with Gasteiger partial charge in [-0.1, -0.05) is 12.1 Å². The quantitative estimate of drug-likeness (QED) is 0.492. The number of hydrogen-bond donors (Lipinski definition) is 1. The van der Waals surface area contributed by atoms with Crippen molar-refractivity contribution in [2.75, 3.05) is 19.0 Å². The minimum absolute atomic E-state index is 0.145. The number of esters is 1. The maximum atomic E-state index is 12.4. The van der Waals surface area contributed by atoms with Crippen LogP contribution in [0.2, 0.25) is 0 Å². The molecule has 1 aromatic heterocycles. The first kappa shape index (κ1) is 19.2. The molecule has 0 radical (unpaired) electrons. The van der Waals surface area contributed by atoms with Crippen LogP contribution in [0.1, 0.15) is 18.1 Å². The van der Waals surface area contributed by atoms with Crippen molar-refractivity contribution in [2.24, 2.45) is 0 Å². The van der Waals surface area contributed by atoms with Crippen LogP contribution in [-0.2, 0) is 20.7 Å². The first-order valence-electron chi connectivity index (χ1n) is 8.88. The number of fused-ring (bicyclic) bond motifs is 1. The number of carbonyl (C=O) groups is 2. The third-order valence-electron chi connectivity index (χ3n) is 4.11. The summed E-state index contributed by atoms with van der Waals surface area (Å²) in [6.45, 7) is 2.10. The summed E-state index contributed by atoms with van der Waals surface area (Å²) in [7, 11) is 1.59. The van der Waals surface area contributed by atoms with Crippen molar-refractivity contribution < 1.29 is 23.5 Å². The van der Waals surface area contributed by atoms with Crippen LogP contribution in [0, 0.1) is 0 Å². The molecule has 0 aliphatic heterocycles. The van der Waals surface area contributed by atoms with Gasteiger partial charge in [0.15, 0.2) is 0 Å². The largest absolute Gasteiger partial charge is 0.497 e. The van der Waals surface area contributed by atoms with E-state index in [1.54, 1.807) is 44.6 Å². The number of amides is 1. The van der Waals surface area contributed by atoms with E-state index in [1.165, 1.54) is 6.08 Å². The van der Waals surface area contributed by atoms with Gasteiger partial charge < -0.3 is 19.2 Å². The Morgan fingerprint density at radius 1 is 1.14 bits per heavy atom. The molecule has 0 fully saturated rings. The topological polar surface area (TPSA) is 77.8 Å². The number of benzene rings is 2. The van der Waals surface area contributed by atoms with E-state index in [0.717, 1.165) is 16.5 Å². The number of anilines is 1. The van der Waals surface area contributed by atoms with Gasteiger partial charge in [-0.25, -0.2) is 4.79 Å². The average Bonchev–Trinajstić information content (AvgIpc) is 3.09. The lowest BCUT2D eigenvalue weighted by molar-refractivity contribution is -0.137. The summed E-state index contributed by atoms with van der Waals surface area (Å²) in [4.78, 5) is 23.7. The molecule has 2 aromatic carbocycles. The highest BCUT2D eigenvalue weighted by atomic mass is 16.5. The Bertz CT molecular complexity index is 1000. The molecule has 0 saturated heterocycles. The molecule has 6 nitrogen and oxygen atoms in total. The van der Waals surface area contributed by atoms with Crippen LogP contribution in [0.3, 0.4) is 0 Å². The lowest BCUT2D eigenvalue weighted by Gasteiger charge is -2.05. The smallest absolute Gasteiger partial charge is 0.330 e. The zero-order valence-corrected chi connectivity index (χ0v) is 15.7. The summed E-state index contributed by atoms with van der Waals surface area (Å²) in [6.07, 6.45) is 4.82. The molecule has 1 N–H and O–H groups in total. The maximum Gasteiger partial charge on any atom is 0.330 e. The Morgan fingerprint density at radius 2 is 1.93 bits per heavy atom. The van der Waals surface area contributed by atoms with Crippen molar-refractivity contribution in [3.05, 3.63) is 65.9 Å². The highest BCUT2D eigenvalue weighted by molar-refractivity contribution is 5.95. The van der Waals surface area contributed by atoms with Crippen LogP contribution in [0.25, 0.3) is 17.0 Å². The predicted octanol–water partition coefficient (Wildman–Crippen LogP) is 4.20. The van der Waals surface area contributed by atoms with Gasteiger partial charge in [0.1, 0.15) is 11.3 Å². The fourth-order valence-electron chi connectivity index (χ4n) is 2.74. The fourth-order valence-corrected chi connectivity index (χ4v) is 2.74. The molecule has 6 heteroatoms. The second-order valence-electron chi connectivity index (χ2n) is 6.06. The normalized spacial score (nSPS) is 10.9. The van der Waals surface area contributed by atoms with Gasteiger partial charge in [-0.05, 0) is 42.8 Å². The Hall–Kier alpha value is -3.54. The number of nitrogens with one attached hydrogen (secondary N) is 1. The van der Waals surface area contributed by atoms with Crippen LogP contribution >= 0.6 is 0 Å². The lowest BCUT2D eigenvalue weighted by atomic mass is 10.1. The highest BCUT2D eigenvalue weighted by Gasteiger charge is 2.11. The van der Waals surface area contributed by atoms with E-state index >= 15 is 0 Å². The summed E-state index contributed by atoms with van der Waals surface area (Å²) < 4.78 is 15.5. The summed E-state index contributed by atoms with van der Waals surface area (Å²) >= 11 is 0. The number of methoxy groups -OCH3 is 1. The van der Waals surface area contributed by atoms with Gasteiger partial charge in [0, 0.05) is 28.8 Å². The van der Waals surface area contributed by atoms with Crippen molar-refractivity contribution in [3.8, 4) is 5.75 Å². The van der Waals surface area contributed by atoms with Crippen LogP contribution in [0.4, 0.5) is 5.69 Å². The summed E-state index contributed by atoms with van der Waals surface area (Å²) in [5.41, 5.74) is 3.00. The van der Waals surface area contributed by atoms with Gasteiger partial charge in [0.2, 0.25) is 5.91 Å². The lowest BCUT2D eigenvalue weighted by Crippen LogP contribution is -2.14. The molecule has 0 unspecified atom stereocenters. The SMILES string of the molecule is CCOC(=O)/C=C/c1ccc(NC(=O)Cc2coc3cc(OC)ccc23)cc1. The number of ether oxygens (including phenoxy) is 2. The fraction of sp³-hybridized carbons (Fsp3) is 0.182. The van der Waals surface area contributed by atoms with Crippen LogP contribution in [-0.4, -0.2) is 25.6 Å². The predicted molar refractivity (Wildman–Crippen MR) is 107 cm³/mol. The van der Waals surface area contributed by atoms with E-state index in [4.69, 9.17) is 13.9 Å². The Balaban J connectivity index is 1.61. The van der Waals surface area contributed by atoms with Gasteiger partial charge in [0.05, 0.1) is 26.4 Å². The van der Waals surface area contributed by atoms with Crippen LogP contribution < -0.4 is 10.1 Å². The first-order valence-corrected chi connectivity index (χ1v) is 8.88. The van der Waals surface area contributed by atoms with E-state index in [-0.39, 0.29) is 18.3 Å². The highest BCUT2D eigenvalue weighted by Crippen LogP contribution is 2.26. The van der Waals surface area contributed by atoms with Gasteiger partial charge in [-0.2, -0.15) is 0 Å². The Kier molecular flexibility index (Phi) is 6.11. The summed E-state index contributed by atoms with van der Waals surface area (Å²) in [5, 5.41) is 3.74. The molecule has 0 bridgehead atoms. The summed E-state index contributed by atoms with van der Waals surface area (Å²) in [6, 6.07) is 12.7. The number of hydrogen-bond acceptors (Lipinski definition) is 5. The third-order valence-corrected chi connectivity index (χ3v) is 4.11. The van der Waals surface area contributed by atoms with Crippen molar-refractivity contribution in [3.63, 3.8) is 0 Å². The van der Waals surface area contributed by atoms with E-state index < -0.39 is 0 Å². The zero-order valence-electron chi connectivity index (χ0n) is 15.7. The van der Waals surface area contributed by atoms with Crippen molar-refractivity contribution in [2.45, 2.75) is 13.3 Å².